The van der Waals surface area contributed by atoms with E-state index in [1.165, 1.54) is 19.3 Å². The number of urea groups is 1. The van der Waals surface area contributed by atoms with Crippen LogP contribution in [-0.2, 0) is 9.47 Å². The van der Waals surface area contributed by atoms with Crippen LogP contribution in [0.5, 0.6) is 0 Å². The van der Waals surface area contributed by atoms with Gasteiger partial charge in [-0.15, -0.1) is 5.10 Å². The van der Waals surface area contributed by atoms with Crippen molar-refractivity contribution >= 4 is 11.7 Å². The zero-order valence-electron chi connectivity index (χ0n) is 18.6. The maximum Gasteiger partial charge on any atom is 0.315 e. The van der Waals surface area contributed by atoms with Crippen molar-refractivity contribution in [3.63, 3.8) is 0 Å². The average molecular weight is 442 g/mol. The topological polar surface area (TPSA) is 106 Å². The number of rotatable bonds is 5. The molecule has 2 amide bonds. The van der Waals surface area contributed by atoms with Gasteiger partial charge in [0.1, 0.15) is 18.2 Å². The van der Waals surface area contributed by atoms with E-state index in [9.17, 15) is 4.79 Å². The Kier molecular flexibility index (Phi) is 5.97. The molecule has 172 valence electrons. The fraction of sp³-hybridized carbons (Fsp3) is 0.636. The number of carbonyl (C=O) groups is 1. The first-order valence-electron chi connectivity index (χ1n) is 11.5. The van der Waals surface area contributed by atoms with Crippen LogP contribution in [0.3, 0.4) is 0 Å². The summed E-state index contributed by atoms with van der Waals surface area (Å²) in [6.07, 6.45) is 5.29. The lowest BCUT2D eigenvalue weighted by Crippen LogP contribution is -2.50. The minimum atomic E-state index is -0.217. The van der Waals surface area contributed by atoms with Crippen LogP contribution in [0.25, 0.3) is 11.4 Å². The molecular formula is C22H31N7O3. The van der Waals surface area contributed by atoms with Crippen molar-refractivity contribution in [2.24, 2.45) is 0 Å². The molecule has 4 unspecified atom stereocenters. The zero-order valence-corrected chi connectivity index (χ0v) is 18.6. The Labute approximate surface area is 187 Å². The van der Waals surface area contributed by atoms with Crippen molar-refractivity contribution in [1.29, 1.82) is 0 Å². The second-order valence-corrected chi connectivity index (χ2v) is 9.11. The lowest BCUT2D eigenvalue weighted by Gasteiger charge is -2.24. The summed E-state index contributed by atoms with van der Waals surface area (Å²) in [5.41, 5.74) is 2.04. The van der Waals surface area contributed by atoms with E-state index in [-0.39, 0.29) is 36.4 Å². The summed E-state index contributed by atoms with van der Waals surface area (Å²) in [5, 5.41) is 18.6. The van der Waals surface area contributed by atoms with E-state index in [4.69, 9.17) is 9.47 Å². The summed E-state index contributed by atoms with van der Waals surface area (Å²) in [6.45, 7) is 0.852. The quantitative estimate of drug-likeness (QED) is 0.728. The van der Waals surface area contributed by atoms with Crippen molar-refractivity contribution in [1.82, 2.24) is 30.8 Å². The number of hydrogen-bond acceptors (Lipinski definition) is 7. The predicted molar refractivity (Wildman–Crippen MR) is 118 cm³/mol. The normalized spacial score (nSPS) is 27.8. The van der Waals surface area contributed by atoms with Crippen molar-refractivity contribution < 1.29 is 14.3 Å². The van der Waals surface area contributed by atoms with E-state index < -0.39 is 0 Å². The molecule has 0 radical (unpaired) electrons. The first-order valence-corrected chi connectivity index (χ1v) is 11.5. The van der Waals surface area contributed by atoms with Gasteiger partial charge in [0, 0.05) is 31.4 Å². The molecule has 1 aliphatic carbocycles. The van der Waals surface area contributed by atoms with Gasteiger partial charge in [-0.25, -0.2) is 9.48 Å². The molecule has 4 atom stereocenters. The second kappa shape index (κ2) is 9.03. The van der Waals surface area contributed by atoms with Crippen molar-refractivity contribution in [3.05, 3.63) is 24.3 Å². The number of tetrazole rings is 1. The molecule has 32 heavy (non-hydrogen) atoms. The molecule has 0 spiro atoms. The highest BCUT2D eigenvalue weighted by Crippen LogP contribution is 2.36. The van der Waals surface area contributed by atoms with Crippen molar-refractivity contribution in [3.8, 4) is 11.4 Å². The number of fused-ring (bicyclic) bond motifs is 1. The van der Waals surface area contributed by atoms with Crippen LogP contribution >= 0.6 is 0 Å². The van der Waals surface area contributed by atoms with Crippen molar-refractivity contribution in [2.75, 3.05) is 32.2 Å². The number of benzene rings is 1. The van der Waals surface area contributed by atoms with Gasteiger partial charge in [-0.05, 0) is 47.5 Å². The molecule has 3 fully saturated rings. The Morgan fingerprint density at radius 1 is 1.03 bits per heavy atom. The zero-order chi connectivity index (χ0) is 22.1. The Morgan fingerprint density at radius 3 is 2.53 bits per heavy atom. The Hall–Kier alpha value is -2.72. The molecule has 2 aliphatic heterocycles. The molecule has 3 heterocycles. The Morgan fingerprint density at radius 2 is 1.78 bits per heavy atom. The monoisotopic (exact) mass is 441 g/mol. The SMILES string of the molecule is CN(C)c1ccc(-c2nnnn2C2COC3C(NC(=O)NC4CCCCC4)COC32)cc1. The summed E-state index contributed by atoms with van der Waals surface area (Å²) in [6, 6.07) is 7.91. The number of amides is 2. The van der Waals surface area contributed by atoms with E-state index in [1.807, 2.05) is 43.3 Å². The summed E-state index contributed by atoms with van der Waals surface area (Å²) >= 11 is 0. The van der Waals surface area contributed by atoms with Crippen LogP contribution in [0.15, 0.2) is 24.3 Å². The van der Waals surface area contributed by atoms with Crippen LogP contribution in [0, 0.1) is 0 Å². The fourth-order valence-corrected chi connectivity index (χ4v) is 4.97. The molecule has 2 saturated heterocycles. The highest BCUT2D eigenvalue weighted by molar-refractivity contribution is 5.74. The number of carbonyl (C=O) groups excluding carboxylic acids is 1. The lowest BCUT2D eigenvalue weighted by molar-refractivity contribution is 0.0624. The fourth-order valence-electron chi connectivity index (χ4n) is 4.97. The molecule has 10 nitrogen and oxygen atoms in total. The van der Waals surface area contributed by atoms with E-state index in [0.717, 1.165) is 24.1 Å². The summed E-state index contributed by atoms with van der Waals surface area (Å²) in [4.78, 5) is 14.6. The van der Waals surface area contributed by atoms with Gasteiger partial charge in [0.05, 0.1) is 19.3 Å². The maximum atomic E-state index is 12.5. The number of ether oxygens (including phenoxy) is 2. The van der Waals surface area contributed by atoms with Crippen LogP contribution in [0.1, 0.15) is 38.1 Å². The van der Waals surface area contributed by atoms with Crippen LogP contribution in [0.4, 0.5) is 10.5 Å². The largest absolute Gasteiger partial charge is 0.378 e. The van der Waals surface area contributed by atoms with Gasteiger partial charge >= 0.3 is 6.03 Å². The summed E-state index contributed by atoms with van der Waals surface area (Å²) in [5.74, 6) is 0.680. The molecule has 3 aliphatic rings. The lowest BCUT2D eigenvalue weighted by atomic mass is 9.96. The van der Waals surface area contributed by atoms with Gasteiger partial charge in [0.2, 0.25) is 0 Å². The van der Waals surface area contributed by atoms with E-state index in [1.54, 1.807) is 4.68 Å². The third-order valence-electron chi connectivity index (χ3n) is 6.73. The Balaban J connectivity index is 1.24. The summed E-state index contributed by atoms with van der Waals surface area (Å²) in [7, 11) is 4.01. The molecule has 1 saturated carbocycles. The number of anilines is 1. The third-order valence-corrected chi connectivity index (χ3v) is 6.73. The standard InChI is InChI=1S/C22H31N7O3/c1-28(2)16-10-8-14(9-11-16)21-25-26-27-29(21)18-13-32-19-17(12-31-20(18)19)24-22(30)23-15-6-4-3-5-7-15/h8-11,15,17-20H,3-7,12-13H2,1-2H3,(H2,23,24,30). The molecule has 2 N–H and O–H groups in total. The van der Waals surface area contributed by atoms with E-state index in [0.29, 0.717) is 19.0 Å². The van der Waals surface area contributed by atoms with Gasteiger partial charge in [0.25, 0.3) is 0 Å². The van der Waals surface area contributed by atoms with Crippen LogP contribution in [0.2, 0.25) is 0 Å². The van der Waals surface area contributed by atoms with E-state index >= 15 is 0 Å². The first-order chi connectivity index (χ1) is 15.6. The summed E-state index contributed by atoms with van der Waals surface area (Å²) < 4.78 is 13.9. The predicted octanol–water partition coefficient (Wildman–Crippen LogP) is 1.75. The number of hydrogen-bond donors (Lipinski definition) is 2. The Bertz CT molecular complexity index is 926. The molecule has 0 bridgehead atoms. The molecule has 1 aromatic heterocycles. The molecule has 1 aromatic carbocycles. The number of aromatic nitrogens is 4. The molecule has 10 heteroatoms. The number of nitrogens with zero attached hydrogens (tertiary/aromatic N) is 5. The van der Waals surface area contributed by atoms with Gasteiger partial charge < -0.3 is 25.0 Å². The minimum absolute atomic E-state index is 0.137. The van der Waals surface area contributed by atoms with Crippen LogP contribution in [-0.4, -0.2) is 77.8 Å². The molecule has 5 rings (SSSR count). The van der Waals surface area contributed by atoms with Crippen LogP contribution < -0.4 is 15.5 Å². The first kappa shape index (κ1) is 21.1. The molecule has 2 aromatic rings. The smallest absolute Gasteiger partial charge is 0.315 e. The van der Waals surface area contributed by atoms with E-state index in [2.05, 4.69) is 26.2 Å². The third kappa shape index (κ3) is 4.16. The molecular weight excluding hydrogens is 410 g/mol. The highest BCUT2D eigenvalue weighted by atomic mass is 16.6. The maximum absolute atomic E-state index is 12.5. The van der Waals surface area contributed by atoms with Crippen molar-refractivity contribution in [2.45, 2.75) is 62.4 Å². The average Bonchev–Trinajstić information content (AvgIpc) is 3.52. The second-order valence-electron chi connectivity index (χ2n) is 9.11. The van der Waals surface area contributed by atoms with Gasteiger partial charge in [-0.2, -0.15) is 0 Å². The minimum Gasteiger partial charge on any atom is -0.378 e. The van der Waals surface area contributed by atoms with Gasteiger partial charge in [-0.1, -0.05) is 19.3 Å². The van der Waals surface area contributed by atoms with Gasteiger partial charge in [0.15, 0.2) is 5.82 Å². The van der Waals surface area contributed by atoms with Gasteiger partial charge in [-0.3, -0.25) is 0 Å². The number of nitrogens with one attached hydrogen (secondary N) is 2. The highest BCUT2D eigenvalue weighted by Gasteiger charge is 2.50.